The highest BCUT2D eigenvalue weighted by Crippen LogP contribution is 2.39. The van der Waals surface area contributed by atoms with Crippen molar-refractivity contribution >= 4 is 43.6 Å². The van der Waals surface area contributed by atoms with Crippen LogP contribution in [0.15, 0.2) is 194 Å². The zero-order valence-corrected chi connectivity index (χ0v) is 31.0. The largest absolute Gasteiger partial charge is 0.309 e. The third kappa shape index (κ3) is 5.65. The Morgan fingerprint density at radius 1 is 0.310 bits per heavy atom. The van der Waals surface area contributed by atoms with Gasteiger partial charge < -0.3 is 9.13 Å². The highest BCUT2D eigenvalue weighted by Gasteiger charge is 2.18. The number of rotatable bonds is 6. The lowest BCUT2D eigenvalue weighted by Gasteiger charge is -2.12. The van der Waals surface area contributed by atoms with E-state index in [9.17, 15) is 8.78 Å². The van der Waals surface area contributed by atoms with Gasteiger partial charge in [-0.3, -0.25) is 0 Å². The molecular formula is C52H32F2N4. The lowest BCUT2D eigenvalue weighted by Crippen LogP contribution is -1.98. The molecule has 0 aliphatic heterocycles. The summed E-state index contributed by atoms with van der Waals surface area (Å²) < 4.78 is 32.5. The van der Waals surface area contributed by atoms with E-state index in [0.29, 0.717) is 17.2 Å². The fraction of sp³-hybridized carbons (Fsp3) is 0. The molecule has 0 bridgehead atoms. The molecule has 0 aliphatic carbocycles. The van der Waals surface area contributed by atoms with Gasteiger partial charge >= 0.3 is 0 Å². The Kier molecular flexibility index (Phi) is 7.83. The second-order valence-corrected chi connectivity index (χ2v) is 14.5. The molecular weight excluding hydrogens is 719 g/mol. The SMILES string of the molecule is Fc1ccc(-c2cc(-c3ccc(F)cc3)nc(-c3cccc(-n4c5ccccc5c5cc(-c6ccc7c(c6)c6ccccc6n7-c6ccccc6)ccc54)c3)n2)cc1. The van der Waals surface area contributed by atoms with Crippen LogP contribution in [0, 0.1) is 11.6 Å². The summed E-state index contributed by atoms with van der Waals surface area (Å²) >= 11 is 0. The van der Waals surface area contributed by atoms with Gasteiger partial charge in [-0.15, -0.1) is 0 Å². The van der Waals surface area contributed by atoms with Gasteiger partial charge in [0, 0.05) is 49.6 Å². The molecule has 0 amide bonds. The maximum Gasteiger partial charge on any atom is 0.160 e. The summed E-state index contributed by atoms with van der Waals surface area (Å²) in [5.74, 6) is -0.137. The molecule has 0 atom stereocenters. The number of hydrogen-bond donors (Lipinski definition) is 0. The molecule has 3 aromatic heterocycles. The van der Waals surface area contributed by atoms with Crippen molar-refractivity contribution in [2.45, 2.75) is 0 Å². The summed E-state index contributed by atoms with van der Waals surface area (Å²) in [6.45, 7) is 0. The zero-order chi connectivity index (χ0) is 38.7. The minimum Gasteiger partial charge on any atom is -0.309 e. The van der Waals surface area contributed by atoms with E-state index in [2.05, 4.69) is 137 Å². The first-order valence-electron chi connectivity index (χ1n) is 19.2. The van der Waals surface area contributed by atoms with Crippen LogP contribution in [-0.2, 0) is 0 Å². The van der Waals surface area contributed by atoms with Crippen molar-refractivity contribution in [1.29, 1.82) is 0 Å². The Morgan fingerprint density at radius 3 is 1.31 bits per heavy atom. The predicted octanol–water partition coefficient (Wildman–Crippen LogP) is 13.6. The van der Waals surface area contributed by atoms with Crippen molar-refractivity contribution in [2.75, 3.05) is 0 Å². The number of halogens is 2. The van der Waals surface area contributed by atoms with Gasteiger partial charge in [0.25, 0.3) is 0 Å². The third-order valence-electron chi connectivity index (χ3n) is 11.1. The Bertz CT molecular complexity index is 3280. The Morgan fingerprint density at radius 2 is 0.759 bits per heavy atom. The molecule has 0 unspecified atom stereocenters. The van der Waals surface area contributed by atoms with E-state index in [-0.39, 0.29) is 11.6 Å². The molecule has 0 saturated heterocycles. The van der Waals surface area contributed by atoms with Gasteiger partial charge in [0.05, 0.1) is 33.5 Å². The van der Waals surface area contributed by atoms with E-state index in [1.807, 2.05) is 18.2 Å². The highest BCUT2D eigenvalue weighted by atomic mass is 19.1. The van der Waals surface area contributed by atoms with Crippen LogP contribution < -0.4 is 0 Å². The van der Waals surface area contributed by atoms with Crippen LogP contribution in [0.2, 0.25) is 0 Å². The van der Waals surface area contributed by atoms with Crippen molar-refractivity contribution in [1.82, 2.24) is 19.1 Å². The van der Waals surface area contributed by atoms with Crippen LogP contribution in [0.1, 0.15) is 0 Å². The molecule has 0 spiro atoms. The fourth-order valence-corrected chi connectivity index (χ4v) is 8.34. The van der Waals surface area contributed by atoms with Crippen molar-refractivity contribution in [3.05, 3.63) is 206 Å². The predicted molar refractivity (Wildman–Crippen MR) is 232 cm³/mol. The summed E-state index contributed by atoms with van der Waals surface area (Å²) in [4.78, 5) is 9.96. The molecule has 3 heterocycles. The Hall–Kier alpha value is -7.70. The first-order valence-corrected chi connectivity index (χ1v) is 19.2. The number of para-hydroxylation sites is 3. The van der Waals surface area contributed by atoms with Gasteiger partial charge in [0.1, 0.15) is 11.6 Å². The van der Waals surface area contributed by atoms with Crippen LogP contribution in [0.3, 0.4) is 0 Å². The maximum atomic E-state index is 13.9. The van der Waals surface area contributed by atoms with Crippen LogP contribution in [0.25, 0.3) is 100 Å². The van der Waals surface area contributed by atoms with Crippen molar-refractivity contribution < 1.29 is 8.78 Å². The monoisotopic (exact) mass is 750 g/mol. The molecule has 0 fully saturated rings. The first kappa shape index (κ1) is 33.6. The van der Waals surface area contributed by atoms with Gasteiger partial charge in [0.2, 0.25) is 0 Å². The topological polar surface area (TPSA) is 35.6 Å². The van der Waals surface area contributed by atoms with Gasteiger partial charge in [-0.25, -0.2) is 18.7 Å². The molecule has 274 valence electrons. The maximum absolute atomic E-state index is 13.9. The fourth-order valence-electron chi connectivity index (χ4n) is 8.34. The Labute approximate surface area is 332 Å². The average Bonchev–Trinajstić information content (AvgIpc) is 3.79. The summed E-state index contributed by atoms with van der Waals surface area (Å²) in [5.41, 5.74) is 12.5. The van der Waals surface area contributed by atoms with Crippen LogP contribution in [-0.4, -0.2) is 19.1 Å². The summed E-state index contributed by atoms with van der Waals surface area (Å²) in [5, 5.41) is 4.74. The van der Waals surface area contributed by atoms with Gasteiger partial charge in [0.15, 0.2) is 5.82 Å². The zero-order valence-electron chi connectivity index (χ0n) is 31.0. The highest BCUT2D eigenvalue weighted by molar-refractivity contribution is 6.12. The minimum absolute atomic E-state index is 0.323. The minimum atomic E-state index is -0.323. The molecule has 4 nitrogen and oxygen atoms in total. The molecule has 6 heteroatoms. The molecule has 0 saturated carbocycles. The summed E-state index contributed by atoms with van der Waals surface area (Å²) in [6, 6.07) is 63.8. The first-order chi connectivity index (χ1) is 28.6. The number of nitrogens with zero attached hydrogens (tertiary/aromatic N) is 4. The van der Waals surface area contributed by atoms with E-state index >= 15 is 0 Å². The number of benzene rings is 8. The molecule has 8 aromatic carbocycles. The smallest absolute Gasteiger partial charge is 0.160 e. The van der Waals surface area contributed by atoms with E-state index in [0.717, 1.165) is 61.0 Å². The lowest BCUT2D eigenvalue weighted by molar-refractivity contribution is 0.627. The molecule has 0 aliphatic rings. The Balaban J connectivity index is 1.04. The molecule has 11 aromatic rings. The molecule has 0 radical (unpaired) electrons. The van der Waals surface area contributed by atoms with Crippen LogP contribution >= 0.6 is 0 Å². The van der Waals surface area contributed by atoms with Crippen LogP contribution in [0.4, 0.5) is 8.78 Å². The van der Waals surface area contributed by atoms with Gasteiger partial charge in [-0.2, -0.15) is 0 Å². The standard InChI is InChI=1S/C52H32F2N4/c53-38-23-17-33(18-24-38)46-32-47(34-19-25-39(54)26-20-34)56-52(55-46)37-9-8-12-41(29-37)58-49-16-7-5-14-43(49)45-31-36(22-28-51(45)58)35-21-27-50-44(30-35)42-13-4-6-15-48(42)57(50)40-10-2-1-3-11-40/h1-32H. The summed E-state index contributed by atoms with van der Waals surface area (Å²) in [6.07, 6.45) is 0. The number of fused-ring (bicyclic) bond motifs is 6. The molecule has 58 heavy (non-hydrogen) atoms. The number of hydrogen-bond acceptors (Lipinski definition) is 2. The van der Waals surface area contributed by atoms with E-state index in [4.69, 9.17) is 9.97 Å². The average molecular weight is 751 g/mol. The van der Waals surface area contributed by atoms with Crippen LogP contribution in [0.5, 0.6) is 0 Å². The lowest BCUT2D eigenvalue weighted by atomic mass is 10.0. The third-order valence-corrected chi connectivity index (χ3v) is 11.1. The van der Waals surface area contributed by atoms with Gasteiger partial charge in [-0.1, -0.05) is 78.9 Å². The van der Waals surface area contributed by atoms with Crippen molar-refractivity contribution in [3.8, 4) is 56.4 Å². The van der Waals surface area contributed by atoms with Gasteiger partial charge in [-0.05, 0) is 126 Å². The normalized spacial score (nSPS) is 11.6. The van der Waals surface area contributed by atoms with E-state index in [1.54, 1.807) is 24.3 Å². The van der Waals surface area contributed by atoms with E-state index in [1.165, 1.54) is 46.1 Å². The van der Waals surface area contributed by atoms with E-state index < -0.39 is 0 Å². The quantitative estimate of drug-likeness (QED) is 0.170. The molecule has 11 rings (SSSR count). The molecule has 0 N–H and O–H groups in total. The second-order valence-electron chi connectivity index (χ2n) is 14.5. The second kappa shape index (κ2) is 13.5. The van der Waals surface area contributed by atoms with Crippen molar-refractivity contribution in [2.24, 2.45) is 0 Å². The summed E-state index contributed by atoms with van der Waals surface area (Å²) in [7, 11) is 0. The number of aromatic nitrogens is 4. The van der Waals surface area contributed by atoms with Crippen molar-refractivity contribution in [3.63, 3.8) is 0 Å².